The largest absolute Gasteiger partial charge is 0.325 e. The maximum absolute atomic E-state index is 12.5. The zero-order valence-electron chi connectivity index (χ0n) is 14.5. The minimum Gasteiger partial charge on any atom is -0.325 e. The number of carbonyl (C=O) groups is 1. The number of amides is 1. The van der Waals surface area contributed by atoms with Crippen LogP contribution in [0.1, 0.15) is 18.1 Å². The van der Waals surface area contributed by atoms with Crippen molar-refractivity contribution in [2.75, 3.05) is 5.32 Å². The van der Waals surface area contributed by atoms with Crippen molar-refractivity contribution in [3.8, 4) is 11.8 Å². The predicted molar refractivity (Wildman–Crippen MR) is 103 cm³/mol. The second-order valence-corrected chi connectivity index (χ2v) is 7.12. The Bertz CT molecular complexity index is 974. The molecule has 3 rings (SSSR count). The topological polar surface area (TPSA) is 70.7 Å². The highest BCUT2D eigenvalue weighted by Crippen LogP contribution is 2.26. The molecule has 0 radical (unpaired) electrons. The van der Waals surface area contributed by atoms with Crippen LogP contribution in [-0.4, -0.2) is 20.7 Å². The van der Waals surface area contributed by atoms with Gasteiger partial charge >= 0.3 is 0 Å². The molecular formula is C20H18N4OS. The molecule has 0 spiro atoms. The highest BCUT2D eigenvalue weighted by atomic mass is 32.2. The molecule has 1 unspecified atom stereocenters. The van der Waals surface area contributed by atoms with Gasteiger partial charge in [0.05, 0.1) is 22.6 Å². The fourth-order valence-electron chi connectivity index (χ4n) is 2.52. The van der Waals surface area contributed by atoms with Gasteiger partial charge in [0.2, 0.25) is 5.91 Å². The Labute approximate surface area is 156 Å². The summed E-state index contributed by atoms with van der Waals surface area (Å²) in [6, 6.07) is 17.0. The molecule has 1 atom stereocenters. The molecule has 0 saturated carbocycles. The maximum atomic E-state index is 12.5. The average Bonchev–Trinajstić information content (AvgIpc) is 3.10. The summed E-state index contributed by atoms with van der Waals surface area (Å²) in [7, 11) is 0. The fraction of sp³-hybridized carbons (Fsp3) is 0.150. The molecule has 0 fully saturated rings. The van der Waals surface area contributed by atoms with Crippen LogP contribution in [0.4, 0.5) is 5.69 Å². The maximum Gasteiger partial charge on any atom is 0.237 e. The SMILES string of the molecule is Cc1ccccc1-n1ccnc1SC(C)C(=O)Nc1cccc(C#N)c1. The molecule has 1 amide bonds. The summed E-state index contributed by atoms with van der Waals surface area (Å²) in [5.41, 5.74) is 3.31. The van der Waals surface area contributed by atoms with Crippen molar-refractivity contribution in [2.45, 2.75) is 24.3 Å². The van der Waals surface area contributed by atoms with E-state index in [4.69, 9.17) is 5.26 Å². The van der Waals surface area contributed by atoms with Crippen LogP contribution in [0.3, 0.4) is 0 Å². The lowest BCUT2D eigenvalue weighted by Crippen LogP contribution is -2.22. The van der Waals surface area contributed by atoms with Crippen molar-refractivity contribution in [3.63, 3.8) is 0 Å². The highest BCUT2D eigenvalue weighted by molar-refractivity contribution is 8.00. The number of aryl methyl sites for hydroxylation is 1. The van der Waals surface area contributed by atoms with Crippen LogP contribution in [0.2, 0.25) is 0 Å². The monoisotopic (exact) mass is 362 g/mol. The van der Waals surface area contributed by atoms with Gasteiger partial charge in [-0.2, -0.15) is 5.26 Å². The number of aromatic nitrogens is 2. The Balaban J connectivity index is 1.73. The third-order valence-corrected chi connectivity index (χ3v) is 4.97. The summed E-state index contributed by atoms with van der Waals surface area (Å²) >= 11 is 1.39. The first-order valence-electron chi connectivity index (χ1n) is 8.15. The van der Waals surface area contributed by atoms with E-state index in [1.807, 2.05) is 48.9 Å². The van der Waals surface area contributed by atoms with Crippen molar-refractivity contribution in [2.24, 2.45) is 0 Å². The molecule has 0 bridgehead atoms. The van der Waals surface area contributed by atoms with Crippen molar-refractivity contribution >= 4 is 23.4 Å². The number of nitrogens with one attached hydrogen (secondary N) is 1. The molecule has 26 heavy (non-hydrogen) atoms. The molecule has 5 nitrogen and oxygen atoms in total. The van der Waals surface area contributed by atoms with Gasteiger partial charge in [0.25, 0.3) is 0 Å². The number of nitriles is 1. The second kappa shape index (κ2) is 7.89. The van der Waals surface area contributed by atoms with Gasteiger partial charge in [0.15, 0.2) is 5.16 Å². The van der Waals surface area contributed by atoms with Crippen LogP contribution >= 0.6 is 11.8 Å². The third kappa shape index (κ3) is 3.95. The van der Waals surface area contributed by atoms with E-state index in [0.717, 1.165) is 16.4 Å². The number of hydrogen-bond donors (Lipinski definition) is 1. The molecule has 1 heterocycles. The van der Waals surface area contributed by atoms with Gasteiger partial charge in [0.1, 0.15) is 0 Å². The van der Waals surface area contributed by atoms with E-state index in [1.54, 1.807) is 30.5 Å². The number of thioether (sulfide) groups is 1. The second-order valence-electron chi connectivity index (χ2n) is 5.81. The van der Waals surface area contributed by atoms with Crippen LogP contribution in [0.15, 0.2) is 66.1 Å². The van der Waals surface area contributed by atoms with E-state index in [2.05, 4.69) is 16.4 Å². The number of para-hydroxylation sites is 1. The first-order valence-corrected chi connectivity index (χ1v) is 9.03. The molecule has 2 aromatic carbocycles. The zero-order chi connectivity index (χ0) is 18.5. The molecule has 1 aromatic heterocycles. The lowest BCUT2D eigenvalue weighted by molar-refractivity contribution is -0.115. The number of nitrogens with zero attached hydrogens (tertiary/aromatic N) is 3. The first kappa shape index (κ1) is 17.8. The third-order valence-electron chi connectivity index (χ3n) is 3.89. The summed E-state index contributed by atoms with van der Waals surface area (Å²) in [5.74, 6) is -0.135. The number of imidazole rings is 1. The van der Waals surface area contributed by atoms with E-state index in [1.165, 1.54) is 11.8 Å². The quantitative estimate of drug-likeness (QED) is 0.692. The van der Waals surface area contributed by atoms with Gasteiger partial charge in [-0.25, -0.2) is 4.98 Å². The standard InChI is InChI=1S/C20H18N4OS/c1-14-6-3-4-9-18(14)24-11-10-22-20(24)26-15(2)19(25)23-17-8-5-7-16(12-17)13-21/h3-12,15H,1-2H3,(H,23,25). The molecule has 0 saturated heterocycles. The van der Waals surface area contributed by atoms with Crippen LogP contribution in [0, 0.1) is 18.3 Å². The number of hydrogen-bond acceptors (Lipinski definition) is 4. The van der Waals surface area contributed by atoms with Crippen LogP contribution in [-0.2, 0) is 4.79 Å². The number of anilines is 1. The minimum atomic E-state index is -0.342. The van der Waals surface area contributed by atoms with Crippen molar-refractivity contribution < 1.29 is 4.79 Å². The summed E-state index contributed by atoms with van der Waals surface area (Å²) in [4.78, 5) is 16.9. The minimum absolute atomic E-state index is 0.135. The van der Waals surface area contributed by atoms with Crippen molar-refractivity contribution in [1.82, 2.24) is 9.55 Å². The zero-order valence-corrected chi connectivity index (χ0v) is 15.3. The van der Waals surface area contributed by atoms with Crippen LogP contribution < -0.4 is 5.32 Å². The average molecular weight is 362 g/mol. The highest BCUT2D eigenvalue weighted by Gasteiger charge is 2.18. The van der Waals surface area contributed by atoms with E-state index in [0.29, 0.717) is 11.3 Å². The summed E-state index contributed by atoms with van der Waals surface area (Å²) in [5, 5.41) is 12.2. The summed E-state index contributed by atoms with van der Waals surface area (Å²) in [6.07, 6.45) is 3.63. The molecule has 6 heteroatoms. The number of benzene rings is 2. The first-order chi connectivity index (χ1) is 12.6. The lowest BCUT2D eigenvalue weighted by atomic mass is 10.2. The summed E-state index contributed by atoms with van der Waals surface area (Å²) < 4.78 is 1.99. The van der Waals surface area contributed by atoms with Gasteiger partial charge in [-0.15, -0.1) is 0 Å². The normalized spacial score (nSPS) is 11.6. The van der Waals surface area contributed by atoms with Crippen LogP contribution in [0.5, 0.6) is 0 Å². The van der Waals surface area contributed by atoms with Gasteiger partial charge in [0, 0.05) is 18.1 Å². The smallest absolute Gasteiger partial charge is 0.237 e. The fourth-order valence-corrected chi connectivity index (χ4v) is 3.39. The van der Waals surface area contributed by atoms with E-state index >= 15 is 0 Å². The van der Waals surface area contributed by atoms with E-state index < -0.39 is 0 Å². The number of rotatable bonds is 5. The van der Waals surface area contributed by atoms with Crippen LogP contribution in [0.25, 0.3) is 5.69 Å². The van der Waals surface area contributed by atoms with Gasteiger partial charge < -0.3 is 5.32 Å². The van der Waals surface area contributed by atoms with E-state index in [9.17, 15) is 4.79 Å². The molecule has 130 valence electrons. The Morgan fingerprint density at radius 3 is 2.85 bits per heavy atom. The Morgan fingerprint density at radius 1 is 1.27 bits per heavy atom. The van der Waals surface area contributed by atoms with Crippen molar-refractivity contribution in [1.29, 1.82) is 5.26 Å². The van der Waals surface area contributed by atoms with Gasteiger partial charge in [-0.3, -0.25) is 9.36 Å². The lowest BCUT2D eigenvalue weighted by Gasteiger charge is -2.14. The molecule has 1 N–H and O–H groups in total. The van der Waals surface area contributed by atoms with Gasteiger partial charge in [-0.05, 0) is 43.7 Å². The molecule has 0 aliphatic carbocycles. The predicted octanol–water partition coefficient (Wildman–Crippen LogP) is 4.17. The number of carbonyl (C=O) groups excluding carboxylic acids is 1. The van der Waals surface area contributed by atoms with E-state index in [-0.39, 0.29) is 11.2 Å². The molecule has 3 aromatic rings. The Kier molecular flexibility index (Phi) is 5.40. The summed E-state index contributed by atoms with van der Waals surface area (Å²) in [6.45, 7) is 3.88. The Morgan fingerprint density at radius 2 is 2.08 bits per heavy atom. The molecule has 0 aliphatic heterocycles. The Hall–Kier alpha value is -3.04. The molecular weight excluding hydrogens is 344 g/mol. The van der Waals surface area contributed by atoms with Crippen molar-refractivity contribution in [3.05, 3.63) is 72.1 Å². The molecule has 0 aliphatic rings. The van der Waals surface area contributed by atoms with Gasteiger partial charge in [-0.1, -0.05) is 36.0 Å².